The summed E-state index contributed by atoms with van der Waals surface area (Å²) in [6.07, 6.45) is -2.74. The Labute approximate surface area is 128 Å². The third-order valence-electron chi connectivity index (χ3n) is 2.27. The lowest BCUT2D eigenvalue weighted by atomic mass is 10.2. The maximum Gasteiger partial charge on any atom is 0.261 e. The molecule has 1 amide bonds. The summed E-state index contributed by atoms with van der Waals surface area (Å²) in [6, 6.07) is 1.86. The third-order valence-corrected chi connectivity index (χ3v) is 4.41. The molecule has 0 radical (unpaired) electrons. The predicted molar refractivity (Wildman–Crippen MR) is 72.5 cm³/mol. The van der Waals surface area contributed by atoms with Crippen LogP contribution in [0.4, 0.5) is 8.78 Å². The molecule has 0 bridgehead atoms. The number of hydrogen-bond donors (Lipinski definition) is 0. The molecule has 0 atom stereocenters. The van der Waals surface area contributed by atoms with E-state index in [1.54, 1.807) is 0 Å². The molecule has 0 aliphatic rings. The lowest BCUT2D eigenvalue weighted by molar-refractivity contribution is 0.0620. The van der Waals surface area contributed by atoms with Gasteiger partial charge in [0.1, 0.15) is 0 Å². The van der Waals surface area contributed by atoms with Crippen LogP contribution in [0.5, 0.6) is 0 Å². The first-order chi connectivity index (χ1) is 9.04. The van der Waals surface area contributed by atoms with Gasteiger partial charge in [0.15, 0.2) is 0 Å². The van der Waals surface area contributed by atoms with E-state index in [1.807, 2.05) is 0 Å². The van der Waals surface area contributed by atoms with Gasteiger partial charge in [0.2, 0.25) is 0 Å². The summed E-state index contributed by atoms with van der Waals surface area (Å²) >= 11 is 11.5. The Morgan fingerprint density at radius 1 is 1.35 bits per heavy atom. The first-order valence-corrected chi connectivity index (χ1v) is 8.08. The van der Waals surface area contributed by atoms with Gasteiger partial charge in [-0.15, -0.1) is 0 Å². The minimum Gasteiger partial charge on any atom is -0.336 e. The average Bonchev–Trinajstić information content (AvgIpc) is 2.29. The van der Waals surface area contributed by atoms with Gasteiger partial charge in [-0.3, -0.25) is 4.79 Å². The highest BCUT2D eigenvalue weighted by Gasteiger charge is 2.23. The van der Waals surface area contributed by atoms with E-state index in [9.17, 15) is 22.0 Å². The van der Waals surface area contributed by atoms with E-state index in [0.717, 1.165) is 19.2 Å². The quantitative estimate of drug-likeness (QED) is 0.769. The number of hydrogen-bond acceptors (Lipinski definition) is 3. The van der Waals surface area contributed by atoms with Crippen molar-refractivity contribution in [3.05, 3.63) is 27.7 Å². The molecule has 0 aliphatic carbocycles. The van der Waals surface area contributed by atoms with Gasteiger partial charge >= 0.3 is 0 Å². The maximum absolute atomic E-state index is 12.2. The Morgan fingerprint density at radius 2 is 1.90 bits per heavy atom. The van der Waals surface area contributed by atoms with Crippen molar-refractivity contribution in [3.8, 4) is 0 Å². The molecule has 0 aliphatic heterocycles. The molecule has 0 spiro atoms. The highest BCUT2D eigenvalue weighted by molar-refractivity contribution is 8.13. The molecule has 0 heterocycles. The molecule has 4 nitrogen and oxygen atoms in total. The van der Waals surface area contributed by atoms with Crippen LogP contribution >= 0.6 is 33.9 Å². The highest BCUT2D eigenvalue weighted by atomic mass is 35.7. The second kappa shape index (κ2) is 6.43. The molecule has 10 heteroatoms. The van der Waals surface area contributed by atoms with Crippen LogP contribution in [-0.4, -0.2) is 39.2 Å². The molecular formula is C10H8Cl3F2NO3S. The van der Waals surface area contributed by atoms with Crippen molar-refractivity contribution in [1.29, 1.82) is 0 Å². The first kappa shape index (κ1) is 17.4. The van der Waals surface area contributed by atoms with Gasteiger partial charge in [0.05, 0.1) is 27.0 Å². The van der Waals surface area contributed by atoms with Gasteiger partial charge in [0.25, 0.3) is 21.4 Å². The number of rotatable bonds is 4. The summed E-state index contributed by atoms with van der Waals surface area (Å²) in [5.74, 6) is -0.889. The van der Waals surface area contributed by atoms with E-state index >= 15 is 0 Å². The van der Waals surface area contributed by atoms with Crippen LogP contribution in [0.3, 0.4) is 0 Å². The van der Waals surface area contributed by atoms with Crippen molar-refractivity contribution in [2.24, 2.45) is 0 Å². The largest absolute Gasteiger partial charge is 0.336 e. The van der Waals surface area contributed by atoms with Crippen LogP contribution < -0.4 is 0 Å². The molecule has 112 valence electrons. The SMILES string of the molecule is CN(CC(F)F)C(=O)c1cc(S(=O)(=O)Cl)cc(Cl)c1Cl. The zero-order valence-corrected chi connectivity index (χ0v) is 13.0. The lowest BCUT2D eigenvalue weighted by Gasteiger charge is -2.18. The van der Waals surface area contributed by atoms with Gasteiger partial charge in [-0.1, -0.05) is 23.2 Å². The smallest absolute Gasteiger partial charge is 0.261 e. The highest BCUT2D eigenvalue weighted by Crippen LogP contribution is 2.31. The summed E-state index contributed by atoms with van der Waals surface area (Å²) in [6.45, 7) is -0.829. The Bertz CT molecular complexity index is 637. The summed E-state index contributed by atoms with van der Waals surface area (Å²) in [4.78, 5) is 12.2. The summed E-state index contributed by atoms with van der Waals surface area (Å²) in [7, 11) is 2.14. The monoisotopic (exact) mass is 365 g/mol. The van der Waals surface area contributed by atoms with Gasteiger partial charge < -0.3 is 4.90 Å². The number of carbonyl (C=O) groups excluding carboxylic acids is 1. The molecule has 0 aromatic heterocycles. The fourth-order valence-electron chi connectivity index (χ4n) is 1.36. The van der Waals surface area contributed by atoms with Crippen LogP contribution in [0.2, 0.25) is 10.0 Å². The van der Waals surface area contributed by atoms with Crippen molar-refractivity contribution >= 4 is 48.8 Å². The van der Waals surface area contributed by atoms with E-state index in [4.69, 9.17) is 33.9 Å². The standard InChI is InChI=1S/C10H8Cl3F2NO3S/c1-16(4-8(14)15)10(17)6-2-5(20(13,18)19)3-7(11)9(6)12/h2-3,8H,4H2,1H3. The van der Waals surface area contributed by atoms with Crippen molar-refractivity contribution in [2.75, 3.05) is 13.6 Å². The number of alkyl halides is 2. The van der Waals surface area contributed by atoms with Crippen LogP contribution in [0.1, 0.15) is 10.4 Å². The van der Waals surface area contributed by atoms with Gasteiger partial charge in [-0.2, -0.15) is 0 Å². The van der Waals surface area contributed by atoms with E-state index in [-0.39, 0.29) is 15.6 Å². The van der Waals surface area contributed by atoms with Gasteiger partial charge in [0, 0.05) is 17.7 Å². The average molecular weight is 367 g/mol. The molecule has 1 rings (SSSR count). The minimum atomic E-state index is -4.14. The zero-order chi connectivity index (χ0) is 15.7. The molecule has 1 aromatic rings. The molecule has 0 saturated carbocycles. The second-order valence-corrected chi connectivity index (χ2v) is 7.13. The molecular weight excluding hydrogens is 359 g/mol. The van der Waals surface area contributed by atoms with E-state index in [1.165, 1.54) is 0 Å². The Morgan fingerprint density at radius 3 is 2.35 bits per heavy atom. The Balaban J connectivity index is 3.31. The van der Waals surface area contributed by atoms with Crippen LogP contribution in [0.25, 0.3) is 0 Å². The van der Waals surface area contributed by atoms with E-state index < -0.39 is 32.8 Å². The molecule has 20 heavy (non-hydrogen) atoms. The molecule has 0 N–H and O–H groups in total. The Kier molecular flexibility index (Phi) is 5.60. The fourth-order valence-corrected chi connectivity index (χ4v) is 2.61. The van der Waals surface area contributed by atoms with Gasteiger partial charge in [-0.05, 0) is 12.1 Å². The molecule has 0 unspecified atom stereocenters. The lowest BCUT2D eigenvalue weighted by Crippen LogP contribution is -2.31. The van der Waals surface area contributed by atoms with Crippen LogP contribution in [-0.2, 0) is 9.05 Å². The molecule has 1 aromatic carbocycles. The maximum atomic E-state index is 12.2. The van der Waals surface area contributed by atoms with Crippen LogP contribution in [0, 0.1) is 0 Å². The number of halogens is 5. The topological polar surface area (TPSA) is 54.5 Å². The zero-order valence-electron chi connectivity index (χ0n) is 9.91. The van der Waals surface area contributed by atoms with Crippen molar-refractivity contribution in [2.45, 2.75) is 11.3 Å². The number of nitrogens with zero attached hydrogens (tertiary/aromatic N) is 1. The predicted octanol–water partition coefficient (Wildman–Crippen LogP) is 3.26. The Hall–Kier alpha value is -0.630. The van der Waals surface area contributed by atoms with E-state index in [0.29, 0.717) is 4.90 Å². The first-order valence-electron chi connectivity index (χ1n) is 5.01. The second-order valence-electron chi connectivity index (χ2n) is 3.78. The number of carbonyl (C=O) groups is 1. The fraction of sp³-hybridized carbons (Fsp3) is 0.300. The summed E-state index contributed by atoms with van der Waals surface area (Å²) in [5.41, 5.74) is -0.318. The van der Waals surface area contributed by atoms with Crippen molar-refractivity contribution in [3.63, 3.8) is 0 Å². The van der Waals surface area contributed by atoms with Crippen molar-refractivity contribution < 1.29 is 22.0 Å². The molecule has 0 saturated heterocycles. The number of amides is 1. The molecule has 0 fully saturated rings. The normalized spacial score (nSPS) is 11.8. The number of benzene rings is 1. The van der Waals surface area contributed by atoms with E-state index in [2.05, 4.69) is 0 Å². The summed E-state index contributed by atoms with van der Waals surface area (Å²) < 4.78 is 47.0. The van der Waals surface area contributed by atoms with Crippen LogP contribution in [0.15, 0.2) is 17.0 Å². The summed E-state index contributed by atoms with van der Waals surface area (Å²) in [5, 5.41) is -0.455. The van der Waals surface area contributed by atoms with Crippen molar-refractivity contribution in [1.82, 2.24) is 4.90 Å². The van der Waals surface area contributed by atoms with Gasteiger partial charge in [-0.25, -0.2) is 17.2 Å². The minimum absolute atomic E-state index is 0.220. The third kappa shape index (κ3) is 4.18.